The number of hydrogen-bond acceptors (Lipinski definition) is 0. The van der Waals surface area contributed by atoms with E-state index in [9.17, 15) is 0 Å². The fraction of sp³-hybridized carbons (Fsp3) is 0.415. The zero-order valence-corrected chi connectivity index (χ0v) is 44.6. The molecule has 2 aliphatic carbocycles. The monoisotopic (exact) mass is 873 g/mol. The minimum atomic E-state index is 0. The summed E-state index contributed by atoms with van der Waals surface area (Å²) in [6, 6.07) is 19.0. The minimum Gasteiger partial charge on any atom is -0.0955 e. The maximum atomic E-state index is 4.93. The van der Waals surface area contributed by atoms with Gasteiger partial charge in [-0.05, 0) is 171 Å². The van der Waals surface area contributed by atoms with Crippen molar-refractivity contribution in [3.8, 4) is 11.1 Å². The summed E-state index contributed by atoms with van der Waals surface area (Å²) in [5, 5.41) is 4.74. The van der Waals surface area contributed by atoms with E-state index in [4.69, 9.17) is 6.58 Å². The number of rotatable bonds is 5. The van der Waals surface area contributed by atoms with Gasteiger partial charge in [-0.25, -0.2) is 0 Å². The molecule has 0 radical (unpaired) electrons. The van der Waals surface area contributed by atoms with Gasteiger partial charge in [0.2, 0.25) is 0 Å². The summed E-state index contributed by atoms with van der Waals surface area (Å²) in [6.07, 6.45) is 20.4. The van der Waals surface area contributed by atoms with Gasteiger partial charge in [-0.1, -0.05) is 226 Å². The van der Waals surface area contributed by atoms with Crippen molar-refractivity contribution >= 4 is 40.1 Å². The Morgan fingerprint density at radius 3 is 1.80 bits per heavy atom. The molecule has 0 aromatic heterocycles. The first-order valence-corrected chi connectivity index (χ1v) is 24.6. The lowest BCUT2D eigenvalue weighted by Crippen LogP contribution is -2.25. The van der Waals surface area contributed by atoms with Gasteiger partial charge in [0.25, 0.3) is 0 Å². The van der Waals surface area contributed by atoms with Crippen molar-refractivity contribution in [3.05, 3.63) is 169 Å². The fourth-order valence-electron chi connectivity index (χ4n) is 8.81. The quantitative estimate of drug-likeness (QED) is 0.187. The van der Waals surface area contributed by atoms with Crippen molar-refractivity contribution in [2.75, 3.05) is 0 Å². The summed E-state index contributed by atoms with van der Waals surface area (Å²) in [5.41, 5.74) is 21.0. The van der Waals surface area contributed by atoms with E-state index >= 15 is 0 Å². The summed E-state index contributed by atoms with van der Waals surface area (Å²) in [4.78, 5) is 0. The maximum absolute atomic E-state index is 4.93. The Morgan fingerprint density at radius 1 is 0.677 bits per heavy atom. The van der Waals surface area contributed by atoms with Crippen LogP contribution in [-0.2, 0) is 10.8 Å². The van der Waals surface area contributed by atoms with Crippen LogP contribution in [-0.4, -0.2) is 0 Å². The molecule has 2 aliphatic rings. The first-order valence-electron chi connectivity index (χ1n) is 24.6. The van der Waals surface area contributed by atoms with Crippen LogP contribution in [0.5, 0.6) is 0 Å². The molecule has 0 heterocycles. The molecule has 1 atom stereocenters. The van der Waals surface area contributed by atoms with Crippen LogP contribution in [0.15, 0.2) is 114 Å². The van der Waals surface area contributed by atoms with Gasteiger partial charge >= 0.3 is 0 Å². The van der Waals surface area contributed by atoms with Crippen molar-refractivity contribution in [1.29, 1.82) is 0 Å². The van der Waals surface area contributed by atoms with Crippen LogP contribution >= 0.6 is 0 Å². The molecule has 1 unspecified atom stereocenters. The van der Waals surface area contributed by atoms with Gasteiger partial charge in [0.15, 0.2) is 0 Å². The topological polar surface area (TPSA) is 0 Å². The largest absolute Gasteiger partial charge is 0.0955 e. The molecule has 0 nitrogen and oxygen atoms in total. The summed E-state index contributed by atoms with van der Waals surface area (Å²) >= 11 is 0. The number of allylic oxidation sites excluding steroid dienone is 13. The molecule has 0 aliphatic heterocycles. The lowest BCUT2D eigenvalue weighted by Gasteiger charge is -2.28. The van der Waals surface area contributed by atoms with E-state index in [1.165, 1.54) is 94.3 Å². The molecular formula is C65H92. The zero-order chi connectivity index (χ0) is 48.9. The molecule has 0 fully saturated rings. The van der Waals surface area contributed by atoms with Gasteiger partial charge < -0.3 is 0 Å². The molecule has 4 aromatic rings. The molecule has 4 aromatic carbocycles. The summed E-state index contributed by atoms with van der Waals surface area (Å²) in [6.45, 7) is 55.0. The second kappa shape index (κ2) is 25.7. The maximum Gasteiger partial charge on any atom is 0.0142 e. The van der Waals surface area contributed by atoms with E-state index < -0.39 is 0 Å². The Bertz CT molecular complexity index is 2560. The van der Waals surface area contributed by atoms with Gasteiger partial charge in [-0.3, -0.25) is 0 Å². The lowest BCUT2D eigenvalue weighted by atomic mass is 9.75. The summed E-state index contributed by atoms with van der Waals surface area (Å²) in [7, 11) is 0. The van der Waals surface area contributed by atoms with E-state index in [0.717, 1.165) is 28.9 Å². The fourth-order valence-corrected chi connectivity index (χ4v) is 8.81. The molecule has 0 saturated heterocycles. The van der Waals surface area contributed by atoms with E-state index in [2.05, 4.69) is 194 Å². The normalized spacial score (nSPS) is 15.3. The van der Waals surface area contributed by atoms with Gasteiger partial charge in [-0.15, -0.1) is 0 Å². The Hall–Kier alpha value is -4.94. The van der Waals surface area contributed by atoms with Gasteiger partial charge in [-0.2, -0.15) is 0 Å². The van der Waals surface area contributed by atoms with E-state index in [1.807, 2.05) is 55.4 Å². The molecule has 6 rings (SSSR count). The third kappa shape index (κ3) is 13.3. The highest BCUT2D eigenvalue weighted by atomic mass is 14.3. The standard InChI is InChI=1S/C56H64.4C2H6.CH4/c1-34(2)48-30-44(55(10,11)12)31-49(39(48)8)36(5)22-24-41-25-26-43-27-29-46-51-33-45(56(13,14)15)32-50(40(51)9)37(6)23-28-47(54(46)53(43)38(41)7)52(35(3)4)42-20-18-16-17-19-21-42;4*1-2;/h16,18-27,29-33,47H,1,7,17,28H2,2-6,8-15H3;4*1-2H3;1H4/b36-22+,37-23+,41-24-;;;;;. The van der Waals surface area contributed by atoms with Crippen LogP contribution in [0.25, 0.3) is 51.3 Å². The van der Waals surface area contributed by atoms with Crippen LogP contribution in [0.2, 0.25) is 0 Å². The molecule has 0 N–H and O–H groups in total. The van der Waals surface area contributed by atoms with Crippen LogP contribution in [0.3, 0.4) is 0 Å². The SMILES string of the molecule is C.C=C(C)c1cc(C(C)(C)C)cc(/C(C)=C/C=c2/ccc3ccc4c(c3c2=C)C(C(C2=CC=CCC=C2)=C(C)C)C/C=C(\C)c2cc(C(C)(C)C)cc-4c2C)c1C.CC.CC.CC.CC. The first-order chi connectivity index (χ1) is 30.3. The molecule has 65 heavy (non-hydrogen) atoms. The summed E-state index contributed by atoms with van der Waals surface area (Å²) < 4.78 is 0. The van der Waals surface area contributed by atoms with Crippen molar-refractivity contribution in [2.24, 2.45) is 0 Å². The number of fused-ring (bicyclic) bond motifs is 6. The molecule has 0 saturated carbocycles. The van der Waals surface area contributed by atoms with Crippen LogP contribution < -0.4 is 10.4 Å². The lowest BCUT2D eigenvalue weighted by molar-refractivity contribution is 0.589. The Labute approximate surface area is 401 Å². The highest BCUT2D eigenvalue weighted by molar-refractivity contribution is 5.95. The van der Waals surface area contributed by atoms with Gasteiger partial charge in [0.05, 0.1) is 0 Å². The van der Waals surface area contributed by atoms with Crippen molar-refractivity contribution in [2.45, 2.75) is 182 Å². The number of hydrogen-bond donors (Lipinski definition) is 0. The van der Waals surface area contributed by atoms with E-state index in [0.29, 0.717) is 0 Å². The number of benzene rings is 4. The van der Waals surface area contributed by atoms with Crippen molar-refractivity contribution < 1.29 is 0 Å². The van der Waals surface area contributed by atoms with Crippen LogP contribution in [0.4, 0.5) is 0 Å². The van der Waals surface area contributed by atoms with Crippen LogP contribution in [0.1, 0.15) is 202 Å². The molecule has 0 amide bonds. The molecule has 0 spiro atoms. The third-order valence-corrected chi connectivity index (χ3v) is 12.2. The van der Waals surface area contributed by atoms with Crippen molar-refractivity contribution in [1.82, 2.24) is 0 Å². The predicted octanol–water partition coefficient (Wildman–Crippen LogP) is 19.5. The Kier molecular flexibility index (Phi) is 22.9. The van der Waals surface area contributed by atoms with Gasteiger partial charge in [0.1, 0.15) is 0 Å². The predicted molar refractivity (Wildman–Crippen MR) is 303 cm³/mol. The molecule has 0 heteroatoms. The molecule has 2 bridgehead atoms. The van der Waals surface area contributed by atoms with E-state index in [1.54, 1.807) is 0 Å². The minimum absolute atomic E-state index is 0. The second-order valence-corrected chi connectivity index (χ2v) is 18.7. The first kappa shape index (κ1) is 58.1. The van der Waals surface area contributed by atoms with Crippen LogP contribution in [0, 0.1) is 13.8 Å². The van der Waals surface area contributed by atoms with Gasteiger partial charge in [0, 0.05) is 5.92 Å². The third-order valence-electron chi connectivity index (χ3n) is 12.2. The van der Waals surface area contributed by atoms with Crippen molar-refractivity contribution in [3.63, 3.8) is 0 Å². The highest BCUT2D eigenvalue weighted by Crippen LogP contribution is 2.47. The summed E-state index contributed by atoms with van der Waals surface area (Å²) in [5.74, 6) is 0.124. The zero-order valence-electron chi connectivity index (χ0n) is 44.6. The Balaban J connectivity index is 0.00000222. The molecular weight excluding hydrogens is 781 g/mol. The average Bonchev–Trinajstić information content (AvgIpc) is 3.55. The molecule has 352 valence electrons. The highest BCUT2D eigenvalue weighted by Gasteiger charge is 2.29. The van der Waals surface area contributed by atoms with E-state index in [-0.39, 0.29) is 24.2 Å². The Morgan fingerprint density at radius 2 is 1.23 bits per heavy atom. The second-order valence-electron chi connectivity index (χ2n) is 18.7. The smallest absolute Gasteiger partial charge is 0.0142 e. The average molecular weight is 873 g/mol.